The molecule has 0 radical (unpaired) electrons. The van der Waals surface area contributed by atoms with Gasteiger partial charge in [-0.2, -0.15) is 18.4 Å². The fourth-order valence-corrected chi connectivity index (χ4v) is 5.58. The fraction of sp³-hybridized carbons (Fsp3) is 0.409. The number of rotatable bonds is 7. The molecular formula is C22H22F3N5O3S. The molecule has 0 aromatic carbocycles. The van der Waals surface area contributed by atoms with Crippen LogP contribution in [0.1, 0.15) is 44.7 Å². The van der Waals surface area contributed by atoms with Crippen LogP contribution < -0.4 is 9.04 Å². The Morgan fingerprint density at radius 1 is 1.35 bits per heavy atom. The molecule has 4 rings (SSSR count). The average Bonchev–Trinajstić information content (AvgIpc) is 3.05. The van der Waals surface area contributed by atoms with Crippen LogP contribution in [0, 0.1) is 11.3 Å². The Bertz CT molecular complexity index is 1350. The van der Waals surface area contributed by atoms with Crippen molar-refractivity contribution in [2.75, 3.05) is 10.9 Å². The smallest absolute Gasteiger partial charge is 0.409 e. The molecule has 1 fully saturated rings. The van der Waals surface area contributed by atoms with Gasteiger partial charge in [0.1, 0.15) is 39.8 Å². The monoisotopic (exact) mass is 493 g/mol. The van der Waals surface area contributed by atoms with E-state index in [2.05, 4.69) is 9.97 Å². The molecule has 12 heteroatoms. The third-order valence-corrected chi connectivity index (χ3v) is 7.72. The van der Waals surface area contributed by atoms with Gasteiger partial charge in [0.2, 0.25) is 0 Å². The molecule has 3 aromatic rings. The molecule has 0 N–H and O–H groups in total. The Morgan fingerprint density at radius 2 is 2.09 bits per heavy atom. The maximum absolute atomic E-state index is 14.1. The number of ether oxygens (including phenoxy) is 1. The second-order valence-electron chi connectivity index (χ2n) is 7.95. The van der Waals surface area contributed by atoms with Crippen LogP contribution >= 0.6 is 0 Å². The minimum Gasteiger partial charge on any atom is -0.492 e. The first kappa shape index (κ1) is 23.8. The first-order valence-electron chi connectivity index (χ1n) is 10.7. The molecule has 8 nitrogen and oxygen atoms in total. The summed E-state index contributed by atoms with van der Waals surface area (Å²) in [6, 6.07) is 3.19. The molecule has 0 bridgehead atoms. The van der Waals surface area contributed by atoms with E-state index in [1.807, 2.05) is 6.07 Å². The SMILES string of the molecule is CCOc1cnc2c(c1)c(C#N)c(N([C@@H](C)C(F)(F)F)S(=O)(=O)c1cccnc1)n2C1CCC1. The molecule has 180 valence electrons. The topological polar surface area (TPSA) is 101 Å². The van der Waals surface area contributed by atoms with E-state index in [1.165, 1.54) is 35.2 Å². The zero-order chi connectivity index (χ0) is 24.7. The lowest BCUT2D eigenvalue weighted by Gasteiger charge is -2.36. The number of pyridine rings is 2. The molecule has 1 saturated carbocycles. The summed E-state index contributed by atoms with van der Waals surface area (Å²) in [5, 5.41) is 10.3. The highest BCUT2D eigenvalue weighted by Crippen LogP contribution is 2.45. The summed E-state index contributed by atoms with van der Waals surface area (Å²) in [5.74, 6) is -0.0219. The van der Waals surface area contributed by atoms with Gasteiger partial charge in [0, 0.05) is 23.8 Å². The number of anilines is 1. The first-order chi connectivity index (χ1) is 16.1. The molecule has 1 aliphatic carbocycles. The number of hydrogen-bond donors (Lipinski definition) is 0. The maximum atomic E-state index is 14.1. The third-order valence-electron chi connectivity index (χ3n) is 5.88. The standard InChI is InChI=1S/C22H22F3N5O3S/c1-3-33-16-10-18-19(11-26)21(29(15-6-4-7-15)20(18)28-12-16)30(14(2)22(23,24)25)34(31,32)17-8-5-9-27-13-17/h5,8-10,12-15H,3-4,6-7H2,1-2H3/t14-/m0/s1. The highest BCUT2D eigenvalue weighted by Gasteiger charge is 2.48. The number of fused-ring (bicyclic) bond motifs is 1. The summed E-state index contributed by atoms with van der Waals surface area (Å²) >= 11 is 0. The molecule has 34 heavy (non-hydrogen) atoms. The van der Waals surface area contributed by atoms with Gasteiger partial charge in [-0.15, -0.1) is 0 Å². The van der Waals surface area contributed by atoms with Crippen molar-refractivity contribution in [3.8, 4) is 11.8 Å². The predicted octanol–water partition coefficient (Wildman–Crippen LogP) is 4.57. The van der Waals surface area contributed by atoms with E-state index in [4.69, 9.17) is 4.74 Å². The molecule has 0 spiro atoms. The lowest BCUT2D eigenvalue weighted by atomic mass is 9.93. The Balaban J connectivity index is 2.08. The van der Waals surface area contributed by atoms with Gasteiger partial charge >= 0.3 is 6.18 Å². The lowest BCUT2D eigenvalue weighted by molar-refractivity contribution is -0.142. The molecule has 0 aliphatic heterocycles. The van der Waals surface area contributed by atoms with Crippen molar-refractivity contribution in [3.63, 3.8) is 0 Å². The van der Waals surface area contributed by atoms with Crippen LogP contribution in [0.25, 0.3) is 11.0 Å². The van der Waals surface area contributed by atoms with Gasteiger partial charge in [-0.25, -0.2) is 17.7 Å². The average molecular weight is 494 g/mol. The quantitative estimate of drug-likeness (QED) is 0.478. The van der Waals surface area contributed by atoms with Crippen molar-refractivity contribution in [2.24, 2.45) is 0 Å². The van der Waals surface area contributed by atoms with E-state index >= 15 is 0 Å². The van der Waals surface area contributed by atoms with Crippen molar-refractivity contribution in [1.82, 2.24) is 14.5 Å². The zero-order valence-electron chi connectivity index (χ0n) is 18.5. The van der Waals surface area contributed by atoms with E-state index in [0.717, 1.165) is 19.5 Å². The summed E-state index contributed by atoms with van der Waals surface area (Å²) in [6.07, 6.45) is 0.884. The molecular weight excluding hydrogens is 471 g/mol. The van der Waals surface area contributed by atoms with Crippen LogP contribution in [0.4, 0.5) is 19.0 Å². The van der Waals surface area contributed by atoms with Crippen molar-refractivity contribution in [3.05, 3.63) is 42.4 Å². The van der Waals surface area contributed by atoms with Crippen LogP contribution in [0.15, 0.2) is 41.7 Å². The number of sulfonamides is 1. The molecule has 0 unspecified atom stereocenters. The number of alkyl halides is 3. The van der Waals surface area contributed by atoms with Crippen LogP contribution in [-0.4, -0.2) is 41.8 Å². The van der Waals surface area contributed by atoms with Crippen molar-refractivity contribution < 1.29 is 26.3 Å². The second-order valence-corrected chi connectivity index (χ2v) is 9.76. The highest BCUT2D eigenvalue weighted by atomic mass is 32.2. The van der Waals surface area contributed by atoms with E-state index in [-0.39, 0.29) is 28.5 Å². The van der Waals surface area contributed by atoms with E-state index < -0.39 is 27.1 Å². The van der Waals surface area contributed by atoms with Gasteiger partial charge in [-0.1, -0.05) is 0 Å². The largest absolute Gasteiger partial charge is 0.492 e. The van der Waals surface area contributed by atoms with Gasteiger partial charge in [-0.05, 0) is 51.3 Å². The number of nitriles is 1. The van der Waals surface area contributed by atoms with Gasteiger partial charge < -0.3 is 9.30 Å². The van der Waals surface area contributed by atoms with Crippen LogP contribution in [0.5, 0.6) is 5.75 Å². The van der Waals surface area contributed by atoms with E-state index in [0.29, 0.717) is 29.5 Å². The second kappa shape index (κ2) is 8.79. The van der Waals surface area contributed by atoms with Crippen LogP contribution in [0.3, 0.4) is 0 Å². The maximum Gasteiger partial charge on any atom is 0.409 e. The third kappa shape index (κ3) is 3.94. The Labute approximate surface area is 194 Å². The Hall–Kier alpha value is -3.33. The number of hydrogen-bond acceptors (Lipinski definition) is 6. The van der Waals surface area contributed by atoms with E-state index in [9.17, 15) is 26.9 Å². The number of halogens is 3. The number of nitrogens with zero attached hydrogens (tertiary/aromatic N) is 5. The van der Waals surface area contributed by atoms with Crippen molar-refractivity contribution in [2.45, 2.75) is 56.3 Å². The zero-order valence-corrected chi connectivity index (χ0v) is 19.3. The first-order valence-corrected chi connectivity index (χ1v) is 12.1. The summed E-state index contributed by atoms with van der Waals surface area (Å²) in [7, 11) is -4.76. The minimum atomic E-state index is -4.91. The number of aromatic nitrogens is 3. The molecule has 1 atom stereocenters. The normalized spacial score (nSPS) is 15.5. The van der Waals surface area contributed by atoms with Gasteiger partial charge in [0.25, 0.3) is 10.0 Å². The van der Waals surface area contributed by atoms with Crippen molar-refractivity contribution in [1.29, 1.82) is 5.26 Å². The lowest BCUT2D eigenvalue weighted by Crippen LogP contribution is -2.48. The Kier molecular flexibility index (Phi) is 6.16. The highest BCUT2D eigenvalue weighted by molar-refractivity contribution is 7.92. The van der Waals surface area contributed by atoms with Crippen LogP contribution in [0.2, 0.25) is 0 Å². The summed E-state index contributed by atoms with van der Waals surface area (Å²) in [6.45, 7) is 2.84. The van der Waals surface area contributed by atoms with Gasteiger partial charge in [0.05, 0.1) is 12.8 Å². The fourth-order valence-electron chi connectivity index (χ4n) is 3.97. The molecule has 1 aliphatic rings. The summed E-state index contributed by atoms with van der Waals surface area (Å²) < 4.78 is 76.7. The van der Waals surface area contributed by atoms with Crippen molar-refractivity contribution >= 4 is 26.9 Å². The summed E-state index contributed by atoms with van der Waals surface area (Å²) in [4.78, 5) is 7.71. The molecule has 3 heterocycles. The van der Waals surface area contributed by atoms with Gasteiger partial charge in [0.15, 0.2) is 0 Å². The molecule has 3 aromatic heterocycles. The molecule has 0 amide bonds. The van der Waals surface area contributed by atoms with Crippen LogP contribution in [-0.2, 0) is 10.0 Å². The minimum absolute atomic E-state index is 0.209. The summed E-state index contributed by atoms with van der Waals surface area (Å²) in [5.41, 5.74) is 0.0278. The molecule has 0 saturated heterocycles. The van der Waals surface area contributed by atoms with Gasteiger partial charge in [-0.3, -0.25) is 4.98 Å². The Morgan fingerprint density at radius 3 is 2.62 bits per heavy atom. The van der Waals surface area contributed by atoms with E-state index in [1.54, 1.807) is 6.92 Å². The predicted molar refractivity (Wildman–Crippen MR) is 118 cm³/mol.